The Morgan fingerprint density at radius 1 is 1.05 bits per heavy atom. The van der Waals surface area contributed by atoms with Crippen molar-refractivity contribution in [2.75, 3.05) is 0 Å². The number of nitrogens with zero attached hydrogens (tertiary/aromatic N) is 1. The summed E-state index contributed by atoms with van der Waals surface area (Å²) >= 11 is 0. The molecule has 0 aromatic heterocycles. The maximum atomic E-state index is 13.4. The van der Waals surface area contributed by atoms with E-state index in [4.69, 9.17) is 5.21 Å². The molecule has 0 saturated carbocycles. The van der Waals surface area contributed by atoms with Crippen molar-refractivity contribution < 1.29 is 19.5 Å². The van der Waals surface area contributed by atoms with Crippen molar-refractivity contribution in [3.05, 3.63) is 53.3 Å². The minimum Gasteiger partial charge on any atom is -0.508 e. The van der Waals surface area contributed by atoms with Crippen LogP contribution >= 0.6 is 0 Å². The molecule has 2 N–H and O–H groups in total. The molecule has 4 nitrogen and oxygen atoms in total. The quantitative estimate of drug-likeness (QED) is 0.624. The van der Waals surface area contributed by atoms with E-state index in [1.807, 2.05) is 0 Å². The number of oxime groups is 1. The molecule has 1 aliphatic carbocycles. The first kappa shape index (κ1) is 13.3. The van der Waals surface area contributed by atoms with E-state index in [-0.39, 0.29) is 17.2 Å². The Hall–Kier alpha value is -2.69. The third-order valence-corrected chi connectivity index (χ3v) is 3.58. The van der Waals surface area contributed by atoms with Crippen molar-refractivity contribution in [2.45, 2.75) is 12.8 Å². The molecule has 0 aliphatic heterocycles. The third-order valence-electron chi connectivity index (χ3n) is 3.58. The minimum absolute atomic E-state index is 0.127. The van der Waals surface area contributed by atoms with Crippen molar-refractivity contribution in [1.29, 1.82) is 0 Å². The van der Waals surface area contributed by atoms with E-state index < -0.39 is 5.82 Å². The summed E-state index contributed by atoms with van der Waals surface area (Å²) in [5.41, 5.74) is 2.56. The van der Waals surface area contributed by atoms with Crippen molar-refractivity contribution in [1.82, 2.24) is 0 Å². The summed E-state index contributed by atoms with van der Waals surface area (Å²) in [4.78, 5) is 12.2. The Balaban J connectivity index is 2.11. The van der Waals surface area contributed by atoms with Crippen molar-refractivity contribution in [3.8, 4) is 16.9 Å². The maximum absolute atomic E-state index is 13.4. The zero-order valence-corrected chi connectivity index (χ0v) is 11.0. The van der Waals surface area contributed by atoms with Gasteiger partial charge in [0.2, 0.25) is 5.78 Å². The molecule has 2 aromatic rings. The van der Waals surface area contributed by atoms with Gasteiger partial charge in [0.05, 0.1) is 0 Å². The number of carbonyl (C=O) groups is 1. The lowest BCUT2D eigenvalue weighted by Crippen LogP contribution is -2.22. The molecular weight excluding hydrogens is 273 g/mol. The average molecular weight is 285 g/mol. The first-order valence-electron chi connectivity index (χ1n) is 6.47. The zero-order chi connectivity index (χ0) is 15.0. The molecule has 106 valence electrons. The number of ketones is 1. The van der Waals surface area contributed by atoms with Gasteiger partial charge in [-0.05, 0) is 41.3 Å². The number of aromatic hydroxyl groups is 1. The monoisotopic (exact) mass is 285 g/mol. The topological polar surface area (TPSA) is 69.9 Å². The first-order chi connectivity index (χ1) is 10.1. The molecule has 0 amide bonds. The lowest BCUT2D eigenvalue weighted by Gasteiger charge is -2.16. The molecule has 0 fully saturated rings. The molecule has 0 heterocycles. The summed E-state index contributed by atoms with van der Waals surface area (Å²) in [6, 6.07) is 8.95. The van der Waals surface area contributed by atoms with Gasteiger partial charge in [0, 0.05) is 18.1 Å². The lowest BCUT2D eigenvalue weighted by molar-refractivity contribution is 0.105. The highest BCUT2D eigenvalue weighted by Crippen LogP contribution is 2.29. The number of hydrogen-bond acceptors (Lipinski definition) is 4. The smallest absolute Gasteiger partial charge is 0.210 e. The summed E-state index contributed by atoms with van der Waals surface area (Å²) in [7, 11) is 0. The van der Waals surface area contributed by atoms with Gasteiger partial charge in [0.1, 0.15) is 17.3 Å². The fourth-order valence-electron chi connectivity index (χ4n) is 2.54. The summed E-state index contributed by atoms with van der Waals surface area (Å²) in [6.45, 7) is 0. The van der Waals surface area contributed by atoms with E-state index in [0.29, 0.717) is 29.5 Å². The standard InChI is InChI=1S/C16H12FNO3/c17-12-5-11(6-13(19)8-12)10-2-1-9-3-4-15(18-21)16(20)14(9)7-10/h1-2,5-8,19,21H,3-4H2/b18-15-. The zero-order valence-electron chi connectivity index (χ0n) is 11.0. The van der Waals surface area contributed by atoms with Crippen LogP contribution in [0.5, 0.6) is 5.75 Å². The van der Waals surface area contributed by atoms with Gasteiger partial charge in [-0.1, -0.05) is 17.3 Å². The minimum atomic E-state index is -0.549. The summed E-state index contributed by atoms with van der Waals surface area (Å²) in [5, 5.41) is 21.3. The van der Waals surface area contributed by atoms with E-state index in [1.165, 1.54) is 12.1 Å². The number of halogens is 1. The van der Waals surface area contributed by atoms with Crippen LogP contribution in [-0.4, -0.2) is 21.8 Å². The second-order valence-electron chi connectivity index (χ2n) is 4.95. The van der Waals surface area contributed by atoms with E-state index in [2.05, 4.69) is 5.16 Å². The van der Waals surface area contributed by atoms with Crippen LogP contribution in [0.2, 0.25) is 0 Å². The number of Topliss-reactive ketones (excluding diaryl/α,β-unsaturated/α-hetero) is 1. The molecule has 0 radical (unpaired) electrons. The Morgan fingerprint density at radius 2 is 1.86 bits per heavy atom. The van der Waals surface area contributed by atoms with Gasteiger partial charge in [-0.15, -0.1) is 0 Å². The number of rotatable bonds is 1. The molecular formula is C16H12FNO3. The van der Waals surface area contributed by atoms with Gasteiger partial charge in [-0.25, -0.2) is 4.39 Å². The van der Waals surface area contributed by atoms with Crippen LogP contribution in [0.4, 0.5) is 4.39 Å². The average Bonchev–Trinajstić information content (AvgIpc) is 2.46. The van der Waals surface area contributed by atoms with Crippen LogP contribution in [0.1, 0.15) is 22.3 Å². The molecule has 0 bridgehead atoms. The number of phenols is 1. The van der Waals surface area contributed by atoms with Gasteiger partial charge in [0.15, 0.2) is 0 Å². The predicted molar refractivity (Wildman–Crippen MR) is 75.4 cm³/mol. The summed E-state index contributed by atoms with van der Waals surface area (Å²) in [5.74, 6) is -1.04. The number of hydrogen-bond donors (Lipinski definition) is 2. The Bertz CT molecular complexity index is 748. The summed E-state index contributed by atoms with van der Waals surface area (Å²) in [6.07, 6.45) is 1.03. The highest BCUT2D eigenvalue weighted by Gasteiger charge is 2.24. The second kappa shape index (κ2) is 5.01. The molecule has 21 heavy (non-hydrogen) atoms. The number of phenolic OH excluding ortho intramolecular Hbond substituents is 1. The predicted octanol–water partition coefficient (Wildman–Crippen LogP) is 3.16. The number of carbonyl (C=O) groups excluding carboxylic acids is 1. The highest BCUT2D eigenvalue weighted by atomic mass is 19.1. The van der Waals surface area contributed by atoms with Crippen LogP contribution < -0.4 is 0 Å². The van der Waals surface area contributed by atoms with E-state index in [1.54, 1.807) is 18.2 Å². The maximum Gasteiger partial charge on any atom is 0.210 e. The molecule has 3 rings (SSSR count). The van der Waals surface area contributed by atoms with Gasteiger partial charge in [0.25, 0.3) is 0 Å². The Kier molecular flexibility index (Phi) is 3.17. The van der Waals surface area contributed by atoms with E-state index in [0.717, 1.165) is 11.6 Å². The number of benzene rings is 2. The van der Waals surface area contributed by atoms with Crippen LogP contribution in [0, 0.1) is 5.82 Å². The van der Waals surface area contributed by atoms with Gasteiger partial charge in [-0.2, -0.15) is 0 Å². The second-order valence-corrected chi connectivity index (χ2v) is 4.95. The molecule has 1 aliphatic rings. The van der Waals surface area contributed by atoms with Crippen LogP contribution in [0.25, 0.3) is 11.1 Å². The SMILES string of the molecule is O=C1/C(=N\O)CCc2ccc(-c3cc(O)cc(F)c3)cc21. The van der Waals surface area contributed by atoms with Gasteiger partial charge >= 0.3 is 0 Å². The fourth-order valence-corrected chi connectivity index (χ4v) is 2.54. The molecule has 0 spiro atoms. The number of aryl methyl sites for hydroxylation is 1. The summed E-state index contributed by atoms with van der Waals surface area (Å²) < 4.78 is 13.4. The fraction of sp³-hybridized carbons (Fsp3) is 0.125. The van der Waals surface area contributed by atoms with Crippen LogP contribution in [0.15, 0.2) is 41.6 Å². The molecule has 5 heteroatoms. The van der Waals surface area contributed by atoms with E-state index in [9.17, 15) is 14.3 Å². The number of fused-ring (bicyclic) bond motifs is 1. The van der Waals surface area contributed by atoms with Crippen molar-refractivity contribution >= 4 is 11.5 Å². The van der Waals surface area contributed by atoms with Crippen LogP contribution in [0.3, 0.4) is 0 Å². The van der Waals surface area contributed by atoms with Crippen molar-refractivity contribution in [3.63, 3.8) is 0 Å². The lowest BCUT2D eigenvalue weighted by atomic mass is 9.87. The molecule has 2 aromatic carbocycles. The van der Waals surface area contributed by atoms with Crippen molar-refractivity contribution in [2.24, 2.45) is 5.16 Å². The van der Waals surface area contributed by atoms with E-state index >= 15 is 0 Å². The Labute approximate surface area is 120 Å². The molecule has 0 unspecified atom stereocenters. The Morgan fingerprint density at radius 3 is 2.57 bits per heavy atom. The largest absolute Gasteiger partial charge is 0.508 e. The first-order valence-corrected chi connectivity index (χ1v) is 6.47. The third kappa shape index (κ3) is 2.38. The highest BCUT2D eigenvalue weighted by molar-refractivity contribution is 6.47. The van der Waals surface area contributed by atoms with Crippen LogP contribution in [-0.2, 0) is 6.42 Å². The normalized spacial score (nSPS) is 16.0. The van der Waals surface area contributed by atoms with Gasteiger partial charge < -0.3 is 10.3 Å². The van der Waals surface area contributed by atoms with Gasteiger partial charge in [-0.3, -0.25) is 4.79 Å². The molecule has 0 saturated heterocycles. The molecule has 0 atom stereocenters.